The largest absolute Gasteiger partial charge is 0.452 e. The molecular formula is C19H21IN2O2S. The third-order valence-electron chi connectivity index (χ3n) is 4.04. The zero-order valence-electron chi connectivity index (χ0n) is 14.7. The molecule has 0 saturated carbocycles. The van der Waals surface area contributed by atoms with Crippen molar-refractivity contribution in [3.63, 3.8) is 0 Å². The van der Waals surface area contributed by atoms with Gasteiger partial charge < -0.3 is 10.1 Å². The molecule has 6 heteroatoms. The second-order valence-electron chi connectivity index (χ2n) is 5.93. The molecule has 1 N–H and O–H groups in total. The first-order valence-corrected chi connectivity index (χ1v) is 10.3. The number of pyridine rings is 1. The minimum Gasteiger partial charge on any atom is -0.452 e. The van der Waals surface area contributed by atoms with E-state index in [0.29, 0.717) is 12.3 Å². The minimum absolute atomic E-state index is 0.253. The molecule has 1 heterocycles. The normalized spacial score (nSPS) is 14.4. The molecule has 0 fully saturated rings. The molecule has 1 amide bonds. The maximum atomic E-state index is 12.6. The van der Waals surface area contributed by atoms with E-state index in [-0.39, 0.29) is 5.91 Å². The number of carbonyl (C=O) groups excluding carboxylic acids is 1. The van der Waals surface area contributed by atoms with Gasteiger partial charge in [-0.15, -0.1) is 18.2 Å². The van der Waals surface area contributed by atoms with E-state index in [0.717, 1.165) is 20.0 Å². The lowest BCUT2D eigenvalue weighted by Crippen LogP contribution is -2.49. The Morgan fingerprint density at radius 3 is 2.88 bits per heavy atom. The number of terminal acetylenes is 1. The number of hydrogen-bond acceptors (Lipinski definition) is 4. The number of benzene rings is 1. The summed E-state index contributed by atoms with van der Waals surface area (Å²) in [5, 5.41) is 3.93. The van der Waals surface area contributed by atoms with Crippen molar-refractivity contribution in [3.8, 4) is 18.2 Å². The molecule has 1 aromatic heterocycles. The van der Waals surface area contributed by atoms with Gasteiger partial charge >= 0.3 is 0 Å². The van der Waals surface area contributed by atoms with Crippen LogP contribution in [0.4, 0.5) is 0 Å². The maximum Gasteiger partial charge on any atom is 0.272 e. The summed E-state index contributed by atoms with van der Waals surface area (Å²) in [6.07, 6.45) is 8.00. The molecule has 4 nitrogen and oxygen atoms in total. The van der Waals surface area contributed by atoms with E-state index in [1.54, 1.807) is 0 Å². The first-order valence-electron chi connectivity index (χ1n) is 7.88. The molecule has 25 heavy (non-hydrogen) atoms. The highest BCUT2D eigenvalue weighted by atomic mass is 127. The van der Waals surface area contributed by atoms with Crippen molar-refractivity contribution in [1.82, 2.24) is 10.3 Å². The van der Waals surface area contributed by atoms with Crippen molar-refractivity contribution in [2.24, 2.45) is 0 Å². The van der Waals surface area contributed by atoms with Crippen LogP contribution in [0, 0.1) is 22.8 Å². The Morgan fingerprint density at radius 2 is 2.28 bits per heavy atom. The number of nitrogens with zero attached hydrogens (tertiary/aromatic N) is 1. The molecule has 0 aliphatic rings. The van der Waals surface area contributed by atoms with E-state index in [1.165, 1.54) is 11.8 Å². The van der Waals surface area contributed by atoms with Crippen LogP contribution >= 0.6 is 34.4 Å². The lowest BCUT2D eigenvalue weighted by molar-refractivity contribution is -0.125. The van der Waals surface area contributed by atoms with Crippen molar-refractivity contribution in [2.75, 3.05) is 6.26 Å². The van der Waals surface area contributed by atoms with Gasteiger partial charge in [-0.1, -0.05) is 31.0 Å². The predicted molar refractivity (Wildman–Crippen MR) is 113 cm³/mol. The average Bonchev–Trinajstić information content (AvgIpc) is 2.60. The Morgan fingerprint density at radius 1 is 1.56 bits per heavy atom. The molecule has 2 aromatic rings. The molecule has 2 rings (SSSR count). The van der Waals surface area contributed by atoms with Crippen LogP contribution in [0.15, 0.2) is 24.3 Å². The standard InChI is InChI=1S/C19H21IN2O2S/c1-6-19(4,7-2)22-16(23)18(25-5)24-17-14(20)11-13-10-8-9-12(3)15(13)21-17/h1,8-11,18H,7H2,2-5H3,(H,22,23). The molecule has 0 saturated heterocycles. The summed E-state index contributed by atoms with van der Waals surface area (Å²) >= 11 is 3.48. The number of aryl methyl sites for hydroxylation is 1. The molecule has 2 unspecified atom stereocenters. The molecule has 0 bridgehead atoms. The van der Waals surface area contributed by atoms with Crippen molar-refractivity contribution < 1.29 is 9.53 Å². The van der Waals surface area contributed by atoms with Crippen LogP contribution in [0.1, 0.15) is 25.8 Å². The van der Waals surface area contributed by atoms with Crippen molar-refractivity contribution in [3.05, 3.63) is 33.4 Å². The molecule has 0 aliphatic heterocycles. The van der Waals surface area contributed by atoms with E-state index >= 15 is 0 Å². The number of thioether (sulfide) groups is 1. The lowest BCUT2D eigenvalue weighted by atomic mass is 10.0. The number of ether oxygens (including phenoxy) is 1. The summed E-state index contributed by atoms with van der Waals surface area (Å²) in [6.45, 7) is 5.76. The van der Waals surface area contributed by atoms with Crippen molar-refractivity contribution >= 4 is 51.2 Å². The van der Waals surface area contributed by atoms with Gasteiger partial charge in [0.05, 0.1) is 14.6 Å². The fourth-order valence-electron chi connectivity index (χ4n) is 2.25. The number of nitrogens with one attached hydrogen (secondary N) is 1. The monoisotopic (exact) mass is 468 g/mol. The first kappa shape index (κ1) is 19.9. The summed E-state index contributed by atoms with van der Waals surface area (Å²) in [6, 6.07) is 8.03. The number of rotatable bonds is 6. The van der Waals surface area contributed by atoms with Crippen molar-refractivity contribution in [2.45, 2.75) is 38.2 Å². The van der Waals surface area contributed by atoms with Gasteiger partial charge in [0.1, 0.15) is 0 Å². The molecule has 2 atom stereocenters. The van der Waals surface area contributed by atoms with Gasteiger partial charge in [-0.05, 0) is 60.7 Å². The van der Waals surface area contributed by atoms with E-state index < -0.39 is 11.0 Å². The maximum absolute atomic E-state index is 12.6. The Balaban J connectivity index is 2.28. The minimum atomic E-state index is -0.721. The van der Waals surface area contributed by atoms with Crippen LogP contribution < -0.4 is 10.1 Å². The first-order chi connectivity index (χ1) is 11.8. The second-order valence-corrected chi connectivity index (χ2v) is 7.99. The Kier molecular flexibility index (Phi) is 6.58. The van der Waals surface area contributed by atoms with E-state index in [2.05, 4.69) is 38.8 Å². The highest BCUT2D eigenvalue weighted by Gasteiger charge is 2.28. The van der Waals surface area contributed by atoms with Gasteiger partial charge in [0.25, 0.3) is 5.91 Å². The van der Waals surface area contributed by atoms with E-state index in [9.17, 15) is 4.79 Å². The van der Waals surface area contributed by atoms with Crippen molar-refractivity contribution in [1.29, 1.82) is 0 Å². The van der Waals surface area contributed by atoms with Gasteiger partial charge in [-0.2, -0.15) is 0 Å². The number of fused-ring (bicyclic) bond motifs is 1. The van der Waals surface area contributed by atoms with Crippen LogP contribution in [-0.2, 0) is 4.79 Å². The number of halogens is 1. The number of aromatic nitrogens is 1. The highest BCUT2D eigenvalue weighted by molar-refractivity contribution is 14.1. The lowest BCUT2D eigenvalue weighted by Gasteiger charge is -2.26. The molecule has 0 radical (unpaired) electrons. The zero-order valence-corrected chi connectivity index (χ0v) is 17.7. The Hall–Kier alpha value is -1.46. The van der Waals surface area contributed by atoms with Crippen LogP contribution in [0.25, 0.3) is 10.9 Å². The Bertz CT molecular complexity index is 834. The number of para-hydroxylation sites is 1. The van der Waals surface area contributed by atoms with Crippen LogP contribution in [0.3, 0.4) is 0 Å². The summed E-state index contributed by atoms with van der Waals surface area (Å²) in [4.78, 5) is 17.2. The van der Waals surface area contributed by atoms with E-state index in [1.807, 2.05) is 51.3 Å². The smallest absolute Gasteiger partial charge is 0.272 e. The van der Waals surface area contributed by atoms with Gasteiger partial charge in [-0.3, -0.25) is 4.79 Å². The number of carbonyl (C=O) groups is 1. The highest BCUT2D eigenvalue weighted by Crippen LogP contribution is 2.28. The number of hydrogen-bond donors (Lipinski definition) is 1. The van der Waals surface area contributed by atoms with Crippen LogP contribution in [0.2, 0.25) is 0 Å². The molecule has 132 valence electrons. The quantitative estimate of drug-likeness (QED) is 0.394. The second kappa shape index (κ2) is 8.28. The van der Waals surface area contributed by atoms with Gasteiger partial charge in [0, 0.05) is 5.39 Å². The number of amides is 1. The summed E-state index contributed by atoms with van der Waals surface area (Å²) in [7, 11) is 0. The van der Waals surface area contributed by atoms with Crippen LogP contribution in [-0.4, -0.2) is 28.1 Å². The van der Waals surface area contributed by atoms with Gasteiger partial charge in [0.15, 0.2) is 0 Å². The fourth-order valence-corrected chi connectivity index (χ4v) is 3.30. The third kappa shape index (κ3) is 4.59. The summed E-state index contributed by atoms with van der Waals surface area (Å²) in [5.41, 5.74) is 0.534. The topological polar surface area (TPSA) is 51.2 Å². The third-order valence-corrected chi connectivity index (χ3v) is 5.55. The molecule has 0 aliphatic carbocycles. The van der Waals surface area contributed by atoms with Gasteiger partial charge in [-0.25, -0.2) is 4.98 Å². The molecular weight excluding hydrogens is 447 g/mol. The average molecular weight is 468 g/mol. The summed E-state index contributed by atoms with van der Waals surface area (Å²) in [5.74, 6) is 2.83. The van der Waals surface area contributed by atoms with E-state index in [4.69, 9.17) is 11.2 Å². The SMILES string of the molecule is C#CC(C)(CC)NC(=O)C(Oc1nc2c(C)cccc2cc1I)SC. The summed E-state index contributed by atoms with van der Waals surface area (Å²) < 4.78 is 6.78. The fraction of sp³-hybridized carbons (Fsp3) is 0.368. The Labute approximate surface area is 166 Å². The predicted octanol–water partition coefficient (Wildman–Crippen LogP) is 4.13. The zero-order chi connectivity index (χ0) is 18.6. The molecule has 0 spiro atoms. The van der Waals surface area contributed by atoms with Crippen LogP contribution in [0.5, 0.6) is 5.88 Å². The molecule has 1 aromatic carbocycles. The van der Waals surface area contributed by atoms with Gasteiger partial charge in [0.2, 0.25) is 11.3 Å².